The minimum atomic E-state index is 0.312. The minimum Gasteiger partial charge on any atom is -0.264 e. The standard InChI is InChI=1S/C16H25N/c1-15(2,3)13-9-11-7-8-17-10-12(11)14(13)16(4,5)6/h7-8,10,13-14H,9H2,1-6H3. The molecule has 0 aromatic carbocycles. The molecule has 1 aliphatic rings. The molecule has 1 aromatic rings. The summed E-state index contributed by atoms with van der Waals surface area (Å²) in [6.45, 7) is 14.2. The van der Waals surface area contributed by atoms with E-state index in [0.717, 1.165) is 5.92 Å². The van der Waals surface area contributed by atoms with Gasteiger partial charge in [0.25, 0.3) is 0 Å². The van der Waals surface area contributed by atoms with E-state index in [2.05, 4.69) is 58.8 Å². The van der Waals surface area contributed by atoms with Crippen LogP contribution in [0.2, 0.25) is 0 Å². The maximum atomic E-state index is 4.34. The zero-order valence-corrected chi connectivity index (χ0v) is 12.0. The molecule has 0 amide bonds. The van der Waals surface area contributed by atoms with E-state index in [0.29, 0.717) is 16.7 Å². The van der Waals surface area contributed by atoms with Crippen molar-refractivity contribution in [2.24, 2.45) is 16.7 Å². The lowest BCUT2D eigenvalue weighted by molar-refractivity contribution is 0.142. The molecule has 0 aliphatic heterocycles. The van der Waals surface area contributed by atoms with Crippen LogP contribution in [0.4, 0.5) is 0 Å². The average molecular weight is 231 g/mol. The summed E-state index contributed by atoms with van der Waals surface area (Å²) in [7, 11) is 0. The lowest BCUT2D eigenvalue weighted by Gasteiger charge is -2.40. The maximum Gasteiger partial charge on any atom is 0.0305 e. The third kappa shape index (κ3) is 2.25. The van der Waals surface area contributed by atoms with Gasteiger partial charge in [-0.25, -0.2) is 0 Å². The van der Waals surface area contributed by atoms with Gasteiger partial charge in [-0.05, 0) is 46.3 Å². The highest BCUT2D eigenvalue weighted by molar-refractivity contribution is 5.35. The second-order valence-electron chi connectivity index (χ2n) is 7.59. The Bertz CT molecular complexity index is 406. The van der Waals surface area contributed by atoms with Crippen LogP contribution in [0.5, 0.6) is 0 Å². The molecule has 0 bridgehead atoms. The van der Waals surface area contributed by atoms with Crippen molar-refractivity contribution in [1.82, 2.24) is 4.98 Å². The third-order valence-corrected chi connectivity index (χ3v) is 4.17. The Balaban J connectivity index is 2.48. The van der Waals surface area contributed by atoms with Crippen LogP contribution in [0.3, 0.4) is 0 Å². The maximum absolute atomic E-state index is 4.34. The summed E-state index contributed by atoms with van der Waals surface area (Å²) in [6, 6.07) is 2.21. The normalized spacial score (nSPS) is 24.8. The first-order valence-corrected chi connectivity index (χ1v) is 6.64. The predicted octanol–water partition coefficient (Wildman–Crippen LogP) is 4.43. The predicted molar refractivity (Wildman–Crippen MR) is 73.1 cm³/mol. The molecule has 1 aromatic heterocycles. The van der Waals surface area contributed by atoms with E-state index in [1.807, 2.05) is 6.20 Å². The minimum absolute atomic E-state index is 0.312. The van der Waals surface area contributed by atoms with Crippen LogP contribution in [0.1, 0.15) is 58.6 Å². The number of fused-ring (bicyclic) bond motifs is 1. The Labute approximate surface area is 106 Å². The first-order chi connectivity index (χ1) is 7.71. The van der Waals surface area contributed by atoms with Gasteiger partial charge in [0.05, 0.1) is 0 Å². The SMILES string of the molecule is CC(C)(C)C1Cc2ccncc2C1C(C)(C)C. The Hall–Kier alpha value is -0.850. The van der Waals surface area contributed by atoms with E-state index < -0.39 is 0 Å². The lowest BCUT2D eigenvalue weighted by atomic mass is 9.65. The molecule has 1 heteroatoms. The molecule has 17 heavy (non-hydrogen) atoms. The number of hydrogen-bond acceptors (Lipinski definition) is 1. The average Bonchev–Trinajstić information content (AvgIpc) is 2.54. The van der Waals surface area contributed by atoms with E-state index in [4.69, 9.17) is 0 Å². The fourth-order valence-corrected chi connectivity index (χ4v) is 3.35. The van der Waals surface area contributed by atoms with Gasteiger partial charge in [-0.2, -0.15) is 0 Å². The summed E-state index contributed by atoms with van der Waals surface area (Å²) >= 11 is 0. The zero-order chi connectivity index (χ0) is 12.8. The Morgan fingerprint density at radius 3 is 2.24 bits per heavy atom. The fourth-order valence-electron chi connectivity index (χ4n) is 3.35. The van der Waals surface area contributed by atoms with Crippen molar-refractivity contribution in [2.75, 3.05) is 0 Å². The van der Waals surface area contributed by atoms with E-state index in [9.17, 15) is 0 Å². The molecule has 0 spiro atoms. The smallest absolute Gasteiger partial charge is 0.0305 e. The molecule has 2 rings (SSSR count). The molecule has 1 nitrogen and oxygen atoms in total. The van der Waals surface area contributed by atoms with E-state index >= 15 is 0 Å². The third-order valence-electron chi connectivity index (χ3n) is 4.17. The molecule has 0 N–H and O–H groups in total. The summed E-state index contributed by atoms with van der Waals surface area (Å²) in [5.74, 6) is 1.35. The van der Waals surface area contributed by atoms with Crippen molar-refractivity contribution in [3.63, 3.8) is 0 Å². The second kappa shape index (κ2) is 3.83. The van der Waals surface area contributed by atoms with Crippen LogP contribution >= 0.6 is 0 Å². The molecule has 2 unspecified atom stereocenters. The van der Waals surface area contributed by atoms with Crippen LogP contribution in [0, 0.1) is 16.7 Å². The molecule has 0 fully saturated rings. The van der Waals surface area contributed by atoms with Crippen molar-refractivity contribution in [3.05, 3.63) is 29.6 Å². The molecule has 0 saturated heterocycles. The Morgan fingerprint density at radius 2 is 1.71 bits per heavy atom. The van der Waals surface area contributed by atoms with Crippen molar-refractivity contribution < 1.29 is 0 Å². The molecule has 0 saturated carbocycles. The summed E-state index contributed by atoms with van der Waals surface area (Å²) in [5.41, 5.74) is 3.67. The number of hydrogen-bond donors (Lipinski definition) is 0. The van der Waals surface area contributed by atoms with Gasteiger partial charge in [0.15, 0.2) is 0 Å². The summed E-state index contributed by atoms with van der Waals surface area (Å²) in [4.78, 5) is 4.34. The molecule has 1 aliphatic carbocycles. The first kappa shape index (κ1) is 12.6. The largest absolute Gasteiger partial charge is 0.264 e. The van der Waals surface area contributed by atoms with Gasteiger partial charge in [0.1, 0.15) is 0 Å². The van der Waals surface area contributed by atoms with Gasteiger partial charge in [0.2, 0.25) is 0 Å². The highest BCUT2D eigenvalue weighted by atomic mass is 14.6. The zero-order valence-electron chi connectivity index (χ0n) is 12.0. The first-order valence-electron chi connectivity index (χ1n) is 6.64. The van der Waals surface area contributed by atoms with E-state index in [1.54, 1.807) is 0 Å². The van der Waals surface area contributed by atoms with Gasteiger partial charge in [-0.15, -0.1) is 0 Å². The number of pyridine rings is 1. The monoisotopic (exact) mass is 231 g/mol. The van der Waals surface area contributed by atoms with Gasteiger partial charge < -0.3 is 0 Å². The number of aromatic nitrogens is 1. The molecule has 0 radical (unpaired) electrons. The quantitative estimate of drug-likeness (QED) is 0.643. The lowest BCUT2D eigenvalue weighted by Crippen LogP contribution is -2.31. The van der Waals surface area contributed by atoms with E-state index in [-0.39, 0.29) is 0 Å². The second-order valence-corrected chi connectivity index (χ2v) is 7.59. The summed E-state index contributed by atoms with van der Waals surface area (Å²) < 4.78 is 0. The van der Waals surface area contributed by atoms with Crippen molar-refractivity contribution >= 4 is 0 Å². The molecule has 2 atom stereocenters. The molecular formula is C16H25N. The van der Waals surface area contributed by atoms with Crippen LogP contribution in [0.15, 0.2) is 18.5 Å². The summed E-state index contributed by atoms with van der Waals surface area (Å²) in [6.07, 6.45) is 5.24. The molecule has 94 valence electrons. The van der Waals surface area contributed by atoms with Crippen LogP contribution in [0.25, 0.3) is 0 Å². The molecule has 1 heterocycles. The Kier molecular flexibility index (Phi) is 2.84. The highest BCUT2D eigenvalue weighted by Crippen LogP contribution is 2.53. The number of rotatable bonds is 0. The van der Waals surface area contributed by atoms with Crippen molar-refractivity contribution in [1.29, 1.82) is 0 Å². The fraction of sp³-hybridized carbons (Fsp3) is 0.688. The van der Waals surface area contributed by atoms with E-state index in [1.165, 1.54) is 17.5 Å². The topological polar surface area (TPSA) is 12.9 Å². The summed E-state index contributed by atoms with van der Waals surface area (Å²) in [5, 5.41) is 0. The Morgan fingerprint density at radius 1 is 1.06 bits per heavy atom. The van der Waals surface area contributed by atoms with Gasteiger partial charge in [-0.1, -0.05) is 41.5 Å². The van der Waals surface area contributed by atoms with Crippen molar-refractivity contribution in [3.8, 4) is 0 Å². The van der Waals surface area contributed by atoms with Crippen LogP contribution in [-0.4, -0.2) is 4.98 Å². The highest BCUT2D eigenvalue weighted by Gasteiger charge is 2.44. The van der Waals surface area contributed by atoms with Crippen LogP contribution < -0.4 is 0 Å². The van der Waals surface area contributed by atoms with Crippen LogP contribution in [-0.2, 0) is 6.42 Å². The van der Waals surface area contributed by atoms with Crippen molar-refractivity contribution in [2.45, 2.75) is 53.9 Å². The van der Waals surface area contributed by atoms with Gasteiger partial charge in [-0.3, -0.25) is 4.98 Å². The molecular weight excluding hydrogens is 206 g/mol. The number of nitrogens with zero attached hydrogens (tertiary/aromatic N) is 1. The van der Waals surface area contributed by atoms with Gasteiger partial charge >= 0.3 is 0 Å². The van der Waals surface area contributed by atoms with Gasteiger partial charge in [0, 0.05) is 12.4 Å².